The second-order valence-corrected chi connectivity index (χ2v) is 6.10. The van der Waals surface area contributed by atoms with Gasteiger partial charge in [-0.15, -0.1) is 0 Å². The van der Waals surface area contributed by atoms with Crippen LogP contribution in [0.5, 0.6) is 0 Å². The van der Waals surface area contributed by atoms with E-state index in [0.29, 0.717) is 0 Å². The van der Waals surface area contributed by atoms with E-state index in [0.717, 1.165) is 37.5 Å². The van der Waals surface area contributed by atoms with Crippen LogP contribution in [-0.2, 0) is 4.79 Å². The van der Waals surface area contributed by atoms with Crippen LogP contribution in [0.3, 0.4) is 0 Å². The SMILES string of the molecule is CCCC(N)C(=O)Nc1cccc(N2CCC(C)CC2)c1. The molecule has 1 atom stereocenters. The van der Waals surface area contributed by atoms with Crippen molar-refractivity contribution in [1.82, 2.24) is 0 Å². The number of hydrogen-bond acceptors (Lipinski definition) is 3. The quantitative estimate of drug-likeness (QED) is 0.876. The minimum absolute atomic E-state index is 0.0960. The number of carbonyl (C=O) groups is 1. The largest absolute Gasteiger partial charge is 0.371 e. The van der Waals surface area contributed by atoms with Crippen molar-refractivity contribution in [1.29, 1.82) is 0 Å². The molecule has 1 amide bonds. The second kappa shape index (κ2) is 7.46. The molecule has 0 saturated carbocycles. The summed E-state index contributed by atoms with van der Waals surface area (Å²) in [5.74, 6) is 0.720. The summed E-state index contributed by atoms with van der Waals surface area (Å²) in [6.45, 7) is 6.52. The Bertz CT molecular complexity index is 467. The summed E-state index contributed by atoms with van der Waals surface area (Å²) < 4.78 is 0. The first-order valence-electron chi connectivity index (χ1n) is 8.01. The van der Waals surface area contributed by atoms with Crippen molar-refractivity contribution in [2.24, 2.45) is 11.7 Å². The number of piperidine rings is 1. The number of carbonyl (C=O) groups excluding carboxylic acids is 1. The molecule has 1 aromatic rings. The molecule has 2 rings (SSSR count). The molecule has 0 bridgehead atoms. The zero-order valence-corrected chi connectivity index (χ0v) is 13.1. The molecule has 1 fully saturated rings. The third-order valence-corrected chi connectivity index (χ3v) is 4.20. The van der Waals surface area contributed by atoms with Crippen molar-refractivity contribution in [2.75, 3.05) is 23.3 Å². The summed E-state index contributed by atoms with van der Waals surface area (Å²) in [6, 6.07) is 7.65. The van der Waals surface area contributed by atoms with E-state index in [9.17, 15) is 4.79 Å². The number of nitrogens with two attached hydrogens (primary N) is 1. The van der Waals surface area contributed by atoms with E-state index in [1.54, 1.807) is 0 Å². The van der Waals surface area contributed by atoms with Crippen LogP contribution in [0.2, 0.25) is 0 Å². The fraction of sp³-hybridized carbons (Fsp3) is 0.588. The van der Waals surface area contributed by atoms with E-state index in [4.69, 9.17) is 5.73 Å². The van der Waals surface area contributed by atoms with Gasteiger partial charge in [0.15, 0.2) is 0 Å². The molecule has 1 heterocycles. The van der Waals surface area contributed by atoms with Crippen LogP contribution >= 0.6 is 0 Å². The van der Waals surface area contributed by atoms with Gasteiger partial charge >= 0.3 is 0 Å². The van der Waals surface area contributed by atoms with Gasteiger partial charge in [0.1, 0.15) is 0 Å². The molecule has 0 aromatic heterocycles. The molecule has 0 aliphatic carbocycles. The molecule has 1 aliphatic heterocycles. The number of nitrogens with one attached hydrogen (secondary N) is 1. The van der Waals surface area contributed by atoms with Gasteiger partial charge in [0, 0.05) is 24.5 Å². The Hall–Kier alpha value is -1.55. The zero-order chi connectivity index (χ0) is 15.2. The van der Waals surface area contributed by atoms with Gasteiger partial charge in [-0.3, -0.25) is 4.79 Å². The predicted octanol–water partition coefficient (Wildman–Crippen LogP) is 2.99. The average molecular weight is 289 g/mol. The molecular formula is C17H27N3O. The van der Waals surface area contributed by atoms with Crippen molar-refractivity contribution < 1.29 is 4.79 Å². The standard InChI is InChI=1S/C17H27N3O/c1-3-5-16(18)17(21)19-14-6-4-7-15(12-14)20-10-8-13(2)9-11-20/h4,6-7,12-13,16H,3,5,8-11,18H2,1-2H3,(H,19,21). The highest BCUT2D eigenvalue weighted by Gasteiger charge is 2.17. The number of amides is 1. The van der Waals surface area contributed by atoms with Crippen LogP contribution < -0.4 is 16.0 Å². The highest BCUT2D eigenvalue weighted by molar-refractivity contribution is 5.95. The molecule has 3 N–H and O–H groups in total. The first-order valence-corrected chi connectivity index (χ1v) is 8.01. The maximum atomic E-state index is 12.0. The highest BCUT2D eigenvalue weighted by Crippen LogP contribution is 2.25. The Morgan fingerprint density at radius 3 is 2.81 bits per heavy atom. The van der Waals surface area contributed by atoms with Gasteiger partial charge in [0.05, 0.1) is 6.04 Å². The molecule has 1 unspecified atom stereocenters. The monoisotopic (exact) mass is 289 g/mol. The lowest BCUT2D eigenvalue weighted by atomic mass is 9.99. The second-order valence-electron chi connectivity index (χ2n) is 6.10. The topological polar surface area (TPSA) is 58.4 Å². The maximum Gasteiger partial charge on any atom is 0.241 e. The summed E-state index contributed by atoms with van der Waals surface area (Å²) in [5, 5.41) is 2.92. The van der Waals surface area contributed by atoms with Gasteiger partial charge in [-0.2, -0.15) is 0 Å². The van der Waals surface area contributed by atoms with Crippen molar-refractivity contribution >= 4 is 17.3 Å². The third-order valence-electron chi connectivity index (χ3n) is 4.20. The van der Waals surface area contributed by atoms with Crippen LogP contribution in [0.1, 0.15) is 39.5 Å². The van der Waals surface area contributed by atoms with E-state index in [2.05, 4.69) is 23.2 Å². The average Bonchev–Trinajstić information content (AvgIpc) is 2.48. The van der Waals surface area contributed by atoms with E-state index in [1.807, 2.05) is 25.1 Å². The smallest absolute Gasteiger partial charge is 0.241 e. The van der Waals surface area contributed by atoms with Crippen molar-refractivity contribution in [3.63, 3.8) is 0 Å². The summed E-state index contributed by atoms with van der Waals surface area (Å²) >= 11 is 0. The molecule has 21 heavy (non-hydrogen) atoms. The van der Waals surface area contributed by atoms with E-state index >= 15 is 0 Å². The highest BCUT2D eigenvalue weighted by atomic mass is 16.2. The Labute approximate surface area is 127 Å². The lowest BCUT2D eigenvalue weighted by molar-refractivity contribution is -0.117. The molecule has 0 radical (unpaired) electrons. The molecule has 1 aliphatic rings. The first kappa shape index (κ1) is 15.8. The fourth-order valence-electron chi connectivity index (χ4n) is 2.72. The van der Waals surface area contributed by atoms with Crippen LogP contribution in [-0.4, -0.2) is 25.0 Å². The molecule has 4 heteroatoms. The van der Waals surface area contributed by atoms with Gasteiger partial charge in [-0.1, -0.05) is 26.3 Å². The van der Waals surface area contributed by atoms with Crippen molar-refractivity contribution in [3.05, 3.63) is 24.3 Å². The Morgan fingerprint density at radius 2 is 2.14 bits per heavy atom. The fourth-order valence-corrected chi connectivity index (χ4v) is 2.72. The summed E-state index contributed by atoms with van der Waals surface area (Å²) in [6.07, 6.45) is 4.10. The lowest BCUT2D eigenvalue weighted by Crippen LogP contribution is -2.35. The molecule has 1 saturated heterocycles. The Kier molecular flexibility index (Phi) is 5.62. The Morgan fingerprint density at radius 1 is 1.43 bits per heavy atom. The summed E-state index contributed by atoms with van der Waals surface area (Å²) in [4.78, 5) is 14.4. The first-order chi connectivity index (χ1) is 10.1. The number of nitrogens with zero attached hydrogens (tertiary/aromatic N) is 1. The van der Waals surface area contributed by atoms with E-state index < -0.39 is 6.04 Å². The van der Waals surface area contributed by atoms with Crippen LogP contribution in [0, 0.1) is 5.92 Å². The number of rotatable bonds is 5. The molecule has 1 aromatic carbocycles. The van der Waals surface area contributed by atoms with E-state index in [1.165, 1.54) is 18.5 Å². The van der Waals surface area contributed by atoms with Gasteiger partial charge in [0.25, 0.3) is 0 Å². The van der Waals surface area contributed by atoms with Gasteiger partial charge in [0.2, 0.25) is 5.91 Å². The minimum Gasteiger partial charge on any atom is -0.371 e. The Balaban J connectivity index is 1.99. The van der Waals surface area contributed by atoms with Crippen molar-refractivity contribution in [2.45, 2.75) is 45.6 Å². The zero-order valence-electron chi connectivity index (χ0n) is 13.1. The summed E-state index contributed by atoms with van der Waals surface area (Å²) in [5.41, 5.74) is 7.87. The van der Waals surface area contributed by atoms with Gasteiger partial charge in [-0.25, -0.2) is 0 Å². The van der Waals surface area contributed by atoms with Crippen molar-refractivity contribution in [3.8, 4) is 0 Å². The molecule has 0 spiro atoms. The van der Waals surface area contributed by atoms with Crippen LogP contribution in [0.15, 0.2) is 24.3 Å². The normalized spacial score (nSPS) is 17.6. The molecular weight excluding hydrogens is 262 g/mol. The molecule has 116 valence electrons. The number of hydrogen-bond donors (Lipinski definition) is 2. The summed E-state index contributed by atoms with van der Waals surface area (Å²) in [7, 11) is 0. The third kappa shape index (κ3) is 4.46. The van der Waals surface area contributed by atoms with Gasteiger partial charge < -0.3 is 16.0 Å². The molecule has 4 nitrogen and oxygen atoms in total. The number of benzene rings is 1. The predicted molar refractivity (Wildman–Crippen MR) is 88.6 cm³/mol. The number of anilines is 2. The van der Waals surface area contributed by atoms with Gasteiger partial charge in [-0.05, 0) is 43.4 Å². The maximum absolute atomic E-state index is 12.0. The van der Waals surface area contributed by atoms with Crippen LogP contribution in [0.25, 0.3) is 0 Å². The lowest BCUT2D eigenvalue weighted by Gasteiger charge is -2.32. The van der Waals surface area contributed by atoms with E-state index in [-0.39, 0.29) is 5.91 Å². The van der Waals surface area contributed by atoms with Crippen LogP contribution in [0.4, 0.5) is 11.4 Å². The minimum atomic E-state index is -0.422.